The number of benzene rings is 2. The maximum absolute atomic E-state index is 13.6. The highest BCUT2D eigenvalue weighted by Crippen LogP contribution is 2.25. The summed E-state index contributed by atoms with van der Waals surface area (Å²) >= 11 is 0. The summed E-state index contributed by atoms with van der Waals surface area (Å²) < 4.78 is 30.1. The van der Waals surface area contributed by atoms with E-state index in [1.165, 1.54) is 31.6 Å². The van der Waals surface area contributed by atoms with Crippen LogP contribution in [-0.2, 0) is 6.54 Å². The summed E-state index contributed by atoms with van der Waals surface area (Å²) in [5, 5.41) is 3.45. The van der Waals surface area contributed by atoms with Crippen molar-refractivity contribution >= 4 is 22.6 Å². The third kappa shape index (κ3) is 4.03. The van der Waals surface area contributed by atoms with E-state index >= 15 is 0 Å². The van der Waals surface area contributed by atoms with Gasteiger partial charge in [-0.1, -0.05) is 18.2 Å². The molecule has 1 amide bonds. The van der Waals surface area contributed by atoms with Crippen LogP contribution in [0.25, 0.3) is 11.0 Å². The van der Waals surface area contributed by atoms with Crippen molar-refractivity contribution in [2.75, 3.05) is 7.11 Å². The molecule has 0 radical (unpaired) electrons. The molecule has 0 fully saturated rings. The van der Waals surface area contributed by atoms with Crippen molar-refractivity contribution in [3.05, 3.63) is 89.6 Å². The molecular formula is C22H17FN2O4. The van der Waals surface area contributed by atoms with E-state index in [0.29, 0.717) is 28.2 Å². The number of furan rings is 1. The highest BCUT2D eigenvalue weighted by molar-refractivity contribution is 5.97. The number of halogens is 1. The molecule has 0 aliphatic heterocycles. The van der Waals surface area contributed by atoms with Crippen molar-refractivity contribution in [3.63, 3.8) is 0 Å². The summed E-state index contributed by atoms with van der Waals surface area (Å²) in [5.41, 5.74) is 1.02. The van der Waals surface area contributed by atoms with Gasteiger partial charge in [-0.3, -0.25) is 4.79 Å². The first-order valence-electron chi connectivity index (χ1n) is 8.86. The molecule has 0 spiro atoms. The second-order valence-corrected chi connectivity index (χ2v) is 6.20. The van der Waals surface area contributed by atoms with E-state index in [0.717, 1.165) is 0 Å². The molecule has 1 N–H and O–H groups in total. The molecule has 0 unspecified atom stereocenters. The number of para-hydroxylation sites is 1. The lowest BCUT2D eigenvalue weighted by atomic mass is 10.1. The summed E-state index contributed by atoms with van der Waals surface area (Å²) in [5.74, 6) is 0.278. The summed E-state index contributed by atoms with van der Waals surface area (Å²) in [6.07, 6.45) is 1.53. The molecule has 7 heteroatoms. The van der Waals surface area contributed by atoms with Gasteiger partial charge < -0.3 is 18.9 Å². The largest absolute Gasteiger partial charge is 0.493 e. The van der Waals surface area contributed by atoms with E-state index in [9.17, 15) is 9.18 Å². The predicted molar refractivity (Wildman–Crippen MR) is 104 cm³/mol. The zero-order chi connectivity index (χ0) is 20.2. The van der Waals surface area contributed by atoms with Crippen LogP contribution in [0.2, 0.25) is 0 Å². The van der Waals surface area contributed by atoms with Crippen LogP contribution in [0.5, 0.6) is 5.75 Å². The van der Waals surface area contributed by atoms with E-state index in [1.54, 1.807) is 42.5 Å². The van der Waals surface area contributed by atoms with Crippen molar-refractivity contribution in [1.82, 2.24) is 5.32 Å². The van der Waals surface area contributed by atoms with Gasteiger partial charge >= 0.3 is 0 Å². The summed E-state index contributed by atoms with van der Waals surface area (Å²) in [4.78, 5) is 17.2. The topological polar surface area (TPSA) is 77.0 Å². The third-order valence-electron chi connectivity index (χ3n) is 4.25. The van der Waals surface area contributed by atoms with E-state index in [1.807, 2.05) is 0 Å². The number of ether oxygens (including phenoxy) is 1. The number of amides is 1. The summed E-state index contributed by atoms with van der Waals surface area (Å²) in [6.45, 7) is 0.210. The Labute approximate surface area is 165 Å². The van der Waals surface area contributed by atoms with Gasteiger partial charge in [0, 0.05) is 5.39 Å². The molecule has 6 nitrogen and oxygen atoms in total. The second-order valence-electron chi connectivity index (χ2n) is 6.20. The number of nitrogens with zero attached hydrogens (tertiary/aromatic N) is 1. The first-order chi connectivity index (χ1) is 14.1. The molecule has 0 bridgehead atoms. The fourth-order valence-electron chi connectivity index (χ4n) is 2.87. The Morgan fingerprint density at radius 3 is 2.76 bits per heavy atom. The van der Waals surface area contributed by atoms with Crippen LogP contribution < -0.4 is 15.6 Å². The maximum atomic E-state index is 13.6. The zero-order valence-electron chi connectivity index (χ0n) is 15.5. The van der Waals surface area contributed by atoms with E-state index in [4.69, 9.17) is 13.6 Å². The monoisotopic (exact) mass is 392 g/mol. The summed E-state index contributed by atoms with van der Waals surface area (Å²) in [6, 6.07) is 16.2. The number of fused-ring (bicyclic) bond motifs is 1. The van der Waals surface area contributed by atoms with Crippen LogP contribution in [0, 0.1) is 5.82 Å². The molecule has 4 rings (SSSR count). The van der Waals surface area contributed by atoms with Crippen molar-refractivity contribution in [3.8, 4) is 5.75 Å². The molecule has 2 heterocycles. The first-order valence-corrected chi connectivity index (χ1v) is 8.86. The van der Waals surface area contributed by atoms with Gasteiger partial charge in [0.15, 0.2) is 11.3 Å². The average Bonchev–Trinajstić information content (AvgIpc) is 3.25. The van der Waals surface area contributed by atoms with Crippen LogP contribution in [0.3, 0.4) is 0 Å². The van der Waals surface area contributed by atoms with Crippen LogP contribution in [0.1, 0.15) is 16.1 Å². The molecule has 0 saturated carbocycles. The molecule has 146 valence electrons. The number of hydrogen-bond donors (Lipinski definition) is 1. The van der Waals surface area contributed by atoms with Gasteiger partial charge in [-0.2, -0.15) is 0 Å². The van der Waals surface area contributed by atoms with Gasteiger partial charge in [0.1, 0.15) is 17.1 Å². The minimum atomic E-state index is -0.437. The fraction of sp³-hybridized carbons (Fsp3) is 0.0909. The van der Waals surface area contributed by atoms with Gasteiger partial charge in [0.25, 0.3) is 5.91 Å². The molecule has 2 aromatic heterocycles. The van der Waals surface area contributed by atoms with Crippen LogP contribution in [-0.4, -0.2) is 13.0 Å². The lowest BCUT2D eigenvalue weighted by molar-refractivity contribution is 0.0944. The predicted octanol–water partition coefficient (Wildman–Crippen LogP) is 4.34. The zero-order valence-corrected chi connectivity index (χ0v) is 15.5. The number of methoxy groups -OCH3 is 1. The van der Waals surface area contributed by atoms with E-state index < -0.39 is 11.7 Å². The smallest absolute Gasteiger partial charge is 0.257 e. The summed E-state index contributed by atoms with van der Waals surface area (Å²) in [7, 11) is 1.53. The van der Waals surface area contributed by atoms with Crippen LogP contribution in [0.15, 0.2) is 80.8 Å². The number of carbonyl (C=O) groups excluding carboxylic acids is 1. The Morgan fingerprint density at radius 1 is 1.14 bits per heavy atom. The van der Waals surface area contributed by atoms with Crippen molar-refractivity contribution in [2.45, 2.75) is 6.54 Å². The van der Waals surface area contributed by atoms with Gasteiger partial charge in [-0.05, 0) is 42.5 Å². The lowest BCUT2D eigenvalue weighted by Gasteiger charge is -2.08. The molecule has 0 atom stereocenters. The molecule has 0 saturated heterocycles. The average molecular weight is 392 g/mol. The molecule has 2 aromatic carbocycles. The lowest BCUT2D eigenvalue weighted by Crippen LogP contribution is -2.28. The van der Waals surface area contributed by atoms with Crippen LogP contribution >= 0.6 is 0 Å². The van der Waals surface area contributed by atoms with Gasteiger partial charge in [0.2, 0.25) is 5.55 Å². The minimum absolute atomic E-state index is 0.0459. The normalized spacial score (nSPS) is 11.6. The Kier molecular flexibility index (Phi) is 5.11. The first kappa shape index (κ1) is 18.5. The number of carbonyl (C=O) groups is 1. The molecule has 4 aromatic rings. The number of hydrogen-bond acceptors (Lipinski definition) is 5. The fourth-order valence-corrected chi connectivity index (χ4v) is 2.87. The van der Waals surface area contributed by atoms with E-state index in [-0.39, 0.29) is 17.7 Å². The maximum Gasteiger partial charge on any atom is 0.257 e. The Morgan fingerprint density at radius 2 is 2.00 bits per heavy atom. The highest BCUT2D eigenvalue weighted by atomic mass is 19.1. The van der Waals surface area contributed by atoms with Gasteiger partial charge in [0.05, 0.1) is 25.6 Å². The van der Waals surface area contributed by atoms with Crippen molar-refractivity contribution < 1.29 is 22.8 Å². The SMILES string of the molecule is COc1cccc2cc(C(=O)NCc3ccco3)c(=Nc3cccc(F)c3)oc12. The minimum Gasteiger partial charge on any atom is -0.493 e. The van der Waals surface area contributed by atoms with Crippen LogP contribution in [0.4, 0.5) is 10.1 Å². The van der Waals surface area contributed by atoms with Gasteiger partial charge in [-0.25, -0.2) is 9.38 Å². The molecular weight excluding hydrogens is 375 g/mol. The van der Waals surface area contributed by atoms with Crippen molar-refractivity contribution in [1.29, 1.82) is 0 Å². The second kappa shape index (κ2) is 8.02. The van der Waals surface area contributed by atoms with Crippen molar-refractivity contribution in [2.24, 2.45) is 4.99 Å². The Hall–Kier alpha value is -3.87. The molecule has 0 aliphatic rings. The molecule has 29 heavy (non-hydrogen) atoms. The van der Waals surface area contributed by atoms with Gasteiger partial charge in [-0.15, -0.1) is 0 Å². The number of nitrogens with one attached hydrogen (secondary N) is 1. The standard InChI is InChI=1S/C22H17FN2O4/c1-27-19-9-2-5-14-11-18(21(26)24-13-17-8-4-10-28-17)22(29-20(14)19)25-16-7-3-6-15(23)12-16/h2-12H,13H2,1H3,(H,24,26). The quantitative estimate of drug-likeness (QED) is 0.548. The third-order valence-corrected chi connectivity index (χ3v) is 4.25. The highest BCUT2D eigenvalue weighted by Gasteiger charge is 2.15. The molecule has 0 aliphatic carbocycles. The Balaban J connectivity index is 1.83. The Bertz CT molecular complexity index is 1230. The van der Waals surface area contributed by atoms with E-state index in [2.05, 4.69) is 10.3 Å². The number of rotatable bonds is 5.